The van der Waals surface area contributed by atoms with Crippen LogP contribution >= 0.6 is 0 Å². The molecule has 0 radical (unpaired) electrons. The number of nitrogens with zero attached hydrogens (tertiary/aromatic N) is 2. The van der Waals surface area contributed by atoms with Gasteiger partial charge in [-0.3, -0.25) is 9.98 Å². The molecule has 2 heterocycles. The molecule has 4 rings (SSSR count). The van der Waals surface area contributed by atoms with Crippen LogP contribution in [-0.4, -0.2) is 25.5 Å². The lowest BCUT2D eigenvalue weighted by atomic mass is 9.84. The van der Waals surface area contributed by atoms with Crippen LogP contribution in [-0.2, 0) is 10.8 Å². The Morgan fingerprint density at radius 3 is 1.39 bits per heavy atom. The lowest BCUT2D eigenvalue weighted by Crippen LogP contribution is -2.16. The van der Waals surface area contributed by atoms with E-state index in [1.54, 1.807) is 0 Å². The van der Waals surface area contributed by atoms with Crippen LogP contribution in [0.3, 0.4) is 0 Å². The van der Waals surface area contributed by atoms with Crippen molar-refractivity contribution in [2.24, 2.45) is 9.98 Å². The highest BCUT2D eigenvalue weighted by atomic mass is 15.0. The molecule has 4 heteroatoms. The quantitative estimate of drug-likeness (QED) is 0.214. The van der Waals surface area contributed by atoms with E-state index in [1.165, 1.54) is 45.0 Å². The van der Waals surface area contributed by atoms with E-state index in [2.05, 4.69) is 161 Å². The molecule has 2 N–H and O–H groups in total. The molecule has 0 atom stereocenters. The Bertz CT molecular complexity index is 1380. The number of allylic oxidation sites excluding steroid dienone is 12. The van der Waals surface area contributed by atoms with Crippen LogP contribution < -0.4 is 10.6 Å². The Labute approximate surface area is 266 Å². The summed E-state index contributed by atoms with van der Waals surface area (Å²) in [4.78, 5) is 8.60. The molecule has 2 aliphatic heterocycles. The molecule has 0 aromatic heterocycles. The van der Waals surface area contributed by atoms with Gasteiger partial charge in [-0.15, -0.1) is 0 Å². The van der Waals surface area contributed by atoms with Gasteiger partial charge < -0.3 is 10.6 Å². The molecule has 0 aliphatic carbocycles. The molecule has 232 valence electrons. The maximum Gasteiger partial charge on any atom is 0.0424 e. The topological polar surface area (TPSA) is 48.8 Å². The van der Waals surface area contributed by atoms with Crippen LogP contribution in [0.1, 0.15) is 79.4 Å². The maximum absolute atomic E-state index is 4.30. The maximum atomic E-state index is 4.30. The summed E-state index contributed by atoms with van der Waals surface area (Å²) in [5.74, 6) is 0. The summed E-state index contributed by atoms with van der Waals surface area (Å²) in [6.07, 6.45) is 22.8. The number of rotatable bonds is 10. The van der Waals surface area contributed by atoms with E-state index in [0.29, 0.717) is 0 Å². The lowest BCUT2D eigenvalue weighted by molar-refractivity contribution is 0.654. The third-order valence-corrected chi connectivity index (χ3v) is 7.92. The summed E-state index contributed by atoms with van der Waals surface area (Å²) in [7, 11) is 0. The highest BCUT2D eigenvalue weighted by molar-refractivity contribution is 5.73. The second-order valence-corrected chi connectivity index (χ2v) is 12.4. The summed E-state index contributed by atoms with van der Waals surface area (Å²) < 4.78 is 0. The zero-order chi connectivity index (χ0) is 32.0. The lowest BCUT2D eigenvalue weighted by Gasteiger charge is -2.19. The van der Waals surface area contributed by atoms with Gasteiger partial charge in [-0.2, -0.15) is 0 Å². The number of nitrogens with one attached hydrogen (secondary N) is 2. The van der Waals surface area contributed by atoms with Gasteiger partial charge in [0.1, 0.15) is 0 Å². The predicted octanol–water partition coefficient (Wildman–Crippen LogP) is 10.5. The van der Waals surface area contributed by atoms with Crippen molar-refractivity contribution >= 4 is 23.8 Å². The highest BCUT2D eigenvalue weighted by Gasteiger charge is 2.34. The fraction of sp³-hybridized carbons (Fsp3) is 0.350. The molecule has 0 fully saturated rings. The van der Waals surface area contributed by atoms with Crippen molar-refractivity contribution in [1.82, 2.24) is 0 Å². The Morgan fingerprint density at radius 2 is 1.02 bits per heavy atom. The van der Waals surface area contributed by atoms with Crippen molar-refractivity contribution in [2.75, 3.05) is 23.7 Å². The number of anilines is 2. The first-order valence-electron chi connectivity index (χ1n) is 15.9. The Hall–Kier alpha value is -4.18. The van der Waals surface area contributed by atoms with Crippen LogP contribution in [0.5, 0.6) is 0 Å². The number of benzene rings is 2. The van der Waals surface area contributed by atoms with E-state index in [9.17, 15) is 0 Å². The second-order valence-electron chi connectivity index (χ2n) is 12.4. The Kier molecular flexibility index (Phi) is 13.0. The molecular formula is C40H52N4. The minimum atomic E-state index is 0.0289. The first-order valence-corrected chi connectivity index (χ1v) is 15.9. The third-order valence-electron chi connectivity index (χ3n) is 7.92. The Balaban J connectivity index is 0.000000240. The SMILES string of the molecule is CCCN=C/C=C(C)/C=C/C=C1/Nc2ccccc2C1(C)C.CCCN=C/C=C(C)/C=C/C=C1/Nc2ccccc2C1(C)C. The van der Waals surface area contributed by atoms with Crippen LogP contribution in [0.4, 0.5) is 11.4 Å². The average Bonchev–Trinajstić information content (AvgIpc) is 3.42. The molecule has 0 saturated heterocycles. The highest BCUT2D eigenvalue weighted by Crippen LogP contribution is 2.43. The third kappa shape index (κ3) is 9.41. The molecule has 0 saturated carbocycles. The van der Waals surface area contributed by atoms with Crippen molar-refractivity contribution in [3.8, 4) is 0 Å². The molecule has 0 bridgehead atoms. The molecule has 4 nitrogen and oxygen atoms in total. The van der Waals surface area contributed by atoms with Gasteiger partial charge in [-0.25, -0.2) is 0 Å². The molecule has 2 aliphatic rings. The molecular weight excluding hydrogens is 536 g/mol. The largest absolute Gasteiger partial charge is 0.358 e. The first-order chi connectivity index (χ1) is 21.1. The number of para-hydroxylation sites is 2. The van der Waals surface area contributed by atoms with E-state index in [1.807, 2.05) is 24.6 Å². The van der Waals surface area contributed by atoms with E-state index < -0.39 is 0 Å². The average molecular weight is 589 g/mol. The van der Waals surface area contributed by atoms with Gasteiger partial charge in [0.05, 0.1) is 0 Å². The van der Waals surface area contributed by atoms with E-state index in [4.69, 9.17) is 0 Å². The van der Waals surface area contributed by atoms with Gasteiger partial charge in [0.2, 0.25) is 0 Å². The van der Waals surface area contributed by atoms with Crippen LogP contribution in [0.15, 0.2) is 130 Å². The fourth-order valence-corrected chi connectivity index (χ4v) is 5.12. The summed E-state index contributed by atoms with van der Waals surface area (Å²) in [5.41, 5.74) is 10.1. The summed E-state index contributed by atoms with van der Waals surface area (Å²) >= 11 is 0. The van der Waals surface area contributed by atoms with Crippen LogP contribution in [0.2, 0.25) is 0 Å². The van der Waals surface area contributed by atoms with Crippen molar-refractivity contribution in [1.29, 1.82) is 0 Å². The second kappa shape index (κ2) is 16.6. The van der Waals surface area contributed by atoms with Crippen molar-refractivity contribution in [2.45, 2.75) is 79.1 Å². The molecule has 44 heavy (non-hydrogen) atoms. The van der Waals surface area contributed by atoms with E-state index in [-0.39, 0.29) is 10.8 Å². The number of hydrogen-bond acceptors (Lipinski definition) is 4. The van der Waals surface area contributed by atoms with Gasteiger partial charge in [0, 0.05) is 59.1 Å². The predicted molar refractivity (Wildman–Crippen MR) is 195 cm³/mol. The number of aliphatic imine (C=N–C) groups is 2. The van der Waals surface area contributed by atoms with Crippen LogP contribution in [0.25, 0.3) is 0 Å². The summed E-state index contributed by atoms with van der Waals surface area (Å²) in [6, 6.07) is 17.0. The fourth-order valence-electron chi connectivity index (χ4n) is 5.12. The van der Waals surface area contributed by atoms with E-state index in [0.717, 1.165) is 25.9 Å². The smallest absolute Gasteiger partial charge is 0.0424 e. The number of fused-ring (bicyclic) bond motifs is 2. The van der Waals surface area contributed by atoms with Crippen molar-refractivity contribution in [3.63, 3.8) is 0 Å². The zero-order valence-corrected chi connectivity index (χ0v) is 28.1. The molecule has 0 spiro atoms. The standard InChI is InChI=1S/2C20H26N2/c2*1-5-14-21-15-13-16(2)9-8-12-19-20(3,4)17-10-6-7-11-18(17)22-19/h2*6-13,15,22H,5,14H2,1-4H3/b2*9-8+,16-13+,19-12+,21-15?. The van der Waals surface area contributed by atoms with Crippen LogP contribution in [0, 0.1) is 0 Å². The van der Waals surface area contributed by atoms with Gasteiger partial charge in [-0.1, -0.05) is 102 Å². The van der Waals surface area contributed by atoms with Crippen molar-refractivity contribution < 1.29 is 0 Å². The minimum Gasteiger partial charge on any atom is -0.358 e. The van der Waals surface area contributed by atoms with Gasteiger partial charge in [0.25, 0.3) is 0 Å². The van der Waals surface area contributed by atoms with E-state index >= 15 is 0 Å². The first kappa shape index (κ1) is 34.3. The number of hydrogen-bond donors (Lipinski definition) is 2. The van der Waals surface area contributed by atoms with Gasteiger partial charge in [-0.05, 0) is 85.4 Å². The summed E-state index contributed by atoms with van der Waals surface area (Å²) in [5, 5.41) is 7.04. The monoisotopic (exact) mass is 588 g/mol. The Morgan fingerprint density at radius 1 is 0.636 bits per heavy atom. The normalized spacial score (nSPS) is 19.1. The minimum absolute atomic E-state index is 0.0289. The zero-order valence-electron chi connectivity index (χ0n) is 28.1. The molecule has 0 unspecified atom stereocenters. The molecule has 2 aromatic rings. The van der Waals surface area contributed by atoms with Gasteiger partial charge >= 0.3 is 0 Å². The molecule has 2 aromatic carbocycles. The summed E-state index contributed by atoms with van der Waals surface area (Å²) in [6.45, 7) is 19.3. The van der Waals surface area contributed by atoms with Crippen molar-refractivity contribution in [3.05, 3.63) is 131 Å². The van der Waals surface area contributed by atoms with Gasteiger partial charge in [0.15, 0.2) is 0 Å². The molecule has 0 amide bonds.